The first-order valence-electron chi connectivity index (χ1n) is 14.9. The Hall–Kier alpha value is -4.20. The third-order valence-electron chi connectivity index (χ3n) is 7.02. The SMILES string of the molecule is CC[C@H](C)[C@H](NC(=O)[C@H](CC(C)C)NC(=O)[C@H](CCCN=C(N)N)NC(=O)[C@H](C)N)C(=O)N[C@@H](Cc1ccccc1)C(=O)O. The molecule has 0 spiro atoms. The number of nitrogens with zero attached hydrogens (tertiary/aromatic N) is 1. The van der Waals surface area contributed by atoms with Crippen molar-refractivity contribution in [1.29, 1.82) is 0 Å². The van der Waals surface area contributed by atoms with Crippen molar-refractivity contribution in [3.05, 3.63) is 35.9 Å². The molecule has 1 aromatic rings. The first-order chi connectivity index (χ1) is 20.7. The predicted octanol–water partition coefficient (Wildman–Crippen LogP) is -0.254. The Morgan fingerprint density at radius 1 is 0.818 bits per heavy atom. The minimum Gasteiger partial charge on any atom is -0.480 e. The van der Waals surface area contributed by atoms with Crippen LogP contribution in [0.1, 0.15) is 65.9 Å². The molecule has 0 fully saturated rings. The van der Waals surface area contributed by atoms with Crippen molar-refractivity contribution in [1.82, 2.24) is 21.3 Å². The van der Waals surface area contributed by atoms with Gasteiger partial charge in [0.1, 0.15) is 24.2 Å². The molecule has 11 N–H and O–H groups in total. The van der Waals surface area contributed by atoms with Crippen LogP contribution in [0.25, 0.3) is 0 Å². The molecule has 0 aliphatic rings. The molecule has 0 aliphatic carbocycles. The fourth-order valence-electron chi connectivity index (χ4n) is 4.32. The fourth-order valence-corrected chi connectivity index (χ4v) is 4.32. The highest BCUT2D eigenvalue weighted by Crippen LogP contribution is 2.13. The number of carbonyl (C=O) groups is 5. The van der Waals surface area contributed by atoms with Crippen molar-refractivity contribution in [3.8, 4) is 0 Å². The summed E-state index contributed by atoms with van der Waals surface area (Å²) in [6.07, 6.45) is 1.34. The van der Waals surface area contributed by atoms with Crippen LogP contribution in [0.2, 0.25) is 0 Å². The average molecular weight is 619 g/mol. The molecule has 4 amide bonds. The van der Waals surface area contributed by atoms with Crippen LogP contribution in [-0.4, -0.2) is 77.4 Å². The third-order valence-corrected chi connectivity index (χ3v) is 7.02. The monoisotopic (exact) mass is 618 g/mol. The van der Waals surface area contributed by atoms with Gasteiger partial charge in [0.15, 0.2) is 5.96 Å². The number of nitrogens with one attached hydrogen (secondary N) is 4. The summed E-state index contributed by atoms with van der Waals surface area (Å²) in [4.78, 5) is 68.5. The van der Waals surface area contributed by atoms with E-state index < -0.39 is 59.8 Å². The van der Waals surface area contributed by atoms with Crippen LogP contribution in [0.15, 0.2) is 35.3 Å². The molecule has 246 valence electrons. The summed E-state index contributed by atoms with van der Waals surface area (Å²) in [5.74, 6) is -4.10. The summed E-state index contributed by atoms with van der Waals surface area (Å²) in [6.45, 7) is 9.06. The third kappa shape index (κ3) is 13.8. The van der Waals surface area contributed by atoms with Gasteiger partial charge in [0.2, 0.25) is 23.6 Å². The number of benzene rings is 1. The maximum atomic E-state index is 13.6. The second kappa shape index (κ2) is 19.2. The highest BCUT2D eigenvalue weighted by molar-refractivity contribution is 5.95. The van der Waals surface area contributed by atoms with Crippen LogP contribution in [-0.2, 0) is 30.4 Å². The number of aliphatic imine (C=N–C) groups is 1. The molecule has 0 heterocycles. The van der Waals surface area contributed by atoms with Crippen molar-refractivity contribution in [2.75, 3.05) is 6.54 Å². The second-order valence-electron chi connectivity index (χ2n) is 11.5. The quantitative estimate of drug-likeness (QED) is 0.0578. The number of nitrogens with two attached hydrogens (primary N) is 3. The van der Waals surface area contributed by atoms with Gasteiger partial charge in [-0.3, -0.25) is 24.2 Å². The molecule has 0 saturated heterocycles. The lowest BCUT2D eigenvalue weighted by molar-refractivity contribution is -0.142. The van der Waals surface area contributed by atoms with E-state index >= 15 is 0 Å². The molecular formula is C30H50N8O6. The first-order valence-corrected chi connectivity index (χ1v) is 14.9. The number of amides is 4. The lowest BCUT2D eigenvalue weighted by Gasteiger charge is -2.29. The van der Waals surface area contributed by atoms with Crippen LogP contribution in [0, 0.1) is 11.8 Å². The highest BCUT2D eigenvalue weighted by atomic mass is 16.4. The van der Waals surface area contributed by atoms with Crippen LogP contribution < -0.4 is 38.5 Å². The summed E-state index contributed by atoms with van der Waals surface area (Å²) >= 11 is 0. The van der Waals surface area contributed by atoms with Gasteiger partial charge in [0, 0.05) is 13.0 Å². The van der Waals surface area contributed by atoms with Gasteiger partial charge in [0.05, 0.1) is 6.04 Å². The summed E-state index contributed by atoms with van der Waals surface area (Å²) in [5, 5.41) is 20.4. The lowest BCUT2D eigenvalue weighted by Crippen LogP contribution is -2.59. The Kier molecular flexibility index (Phi) is 16.5. The molecular weight excluding hydrogens is 568 g/mol. The van der Waals surface area contributed by atoms with Crippen molar-refractivity contribution in [3.63, 3.8) is 0 Å². The van der Waals surface area contributed by atoms with E-state index in [9.17, 15) is 29.1 Å². The van der Waals surface area contributed by atoms with Gasteiger partial charge in [0.25, 0.3) is 0 Å². The zero-order chi connectivity index (χ0) is 33.4. The molecule has 0 bridgehead atoms. The van der Waals surface area contributed by atoms with Crippen LogP contribution in [0.3, 0.4) is 0 Å². The Morgan fingerprint density at radius 3 is 1.91 bits per heavy atom. The Balaban J connectivity index is 3.14. The maximum Gasteiger partial charge on any atom is 0.326 e. The Morgan fingerprint density at radius 2 is 1.39 bits per heavy atom. The number of carboxylic acids is 1. The fraction of sp³-hybridized carbons (Fsp3) is 0.600. The van der Waals surface area contributed by atoms with Gasteiger partial charge in [-0.25, -0.2) is 4.79 Å². The number of carbonyl (C=O) groups excluding carboxylic acids is 4. The molecule has 0 aromatic heterocycles. The topological polar surface area (TPSA) is 244 Å². The highest BCUT2D eigenvalue weighted by Gasteiger charge is 2.33. The number of hydrogen-bond acceptors (Lipinski definition) is 7. The minimum absolute atomic E-state index is 0.0249. The molecule has 44 heavy (non-hydrogen) atoms. The van der Waals surface area contributed by atoms with Crippen molar-refractivity contribution in [2.45, 2.75) is 96.9 Å². The molecule has 6 atom stereocenters. The van der Waals surface area contributed by atoms with Gasteiger partial charge in [-0.1, -0.05) is 64.4 Å². The zero-order valence-corrected chi connectivity index (χ0v) is 26.3. The molecule has 14 nitrogen and oxygen atoms in total. The minimum atomic E-state index is -1.22. The number of carboxylic acid groups (broad SMARTS) is 1. The lowest BCUT2D eigenvalue weighted by atomic mass is 9.96. The van der Waals surface area contributed by atoms with E-state index in [1.54, 1.807) is 37.3 Å². The van der Waals surface area contributed by atoms with Crippen LogP contribution in [0.4, 0.5) is 0 Å². The van der Waals surface area contributed by atoms with E-state index in [4.69, 9.17) is 17.2 Å². The smallest absolute Gasteiger partial charge is 0.326 e. The van der Waals surface area contributed by atoms with E-state index in [1.807, 2.05) is 20.8 Å². The molecule has 0 radical (unpaired) electrons. The maximum absolute atomic E-state index is 13.6. The van der Waals surface area contributed by atoms with Crippen molar-refractivity contribution < 1.29 is 29.1 Å². The Labute approximate surface area is 259 Å². The number of hydrogen-bond donors (Lipinski definition) is 8. The van der Waals surface area contributed by atoms with E-state index in [0.29, 0.717) is 12.8 Å². The van der Waals surface area contributed by atoms with Gasteiger partial charge in [-0.2, -0.15) is 0 Å². The van der Waals surface area contributed by atoms with E-state index in [0.717, 1.165) is 5.56 Å². The molecule has 0 saturated carbocycles. The normalized spacial score (nSPS) is 15.1. The number of aliphatic carboxylic acids is 1. The second-order valence-corrected chi connectivity index (χ2v) is 11.5. The largest absolute Gasteiger partial charge is 0.480 e. The van der Waals surface area contributed by atoms with Gasteiger partial charge in [-0.15, -0.1) is 0 Å². The Bertz CT molecular complexity index is 1120. The number of rotatable bonds is 19. The van der Waals surface area contributed by atoms with Gasteiger partial charge >= 0.3 is 5.97 Å². The van der Waals surface area contributed by atoms with Gasteiger partial charge < -0.3 is 43.6 Å². The van der Waals surface area contributed by atoms with E-state index in [2.05, 4.69) is 26.3 Å². The number of guanidine groups is 1. The molecule has 1 aromatic carbocycles. The first kappa shape index (κ1) is 37.8. The van der Waals surface area contributed by atoms with Crippen LogP contribution in [0.5, 0.6) is 0 Å². The standard InChI is InChI=1S/C30H50N8O6/c1-6-18(4)24(28(42)37-23(29(43)44)16-20-11-8-7-9-12-20)38-27(41)22(15-17(2)3)36-26(40)21(35-25(39)19(5)31)13-10-14-34-30(32)33/h7-9,11-12,17-19,21-24H,6,10,13-16,31H2,1-5H3,(H,35,39)(H,36,40)(H,37,42)(H,38,41)(H,43,44)(H4,32,33,34)/t18-,19-,21-,22-,23-,24-/m0/s1. The summed E-state index contributed by atoms with van der Waals surface area (Å²) < 4.78 is 0. The predicted molar refractivity (Wildman–Crippen MR) is 168 cm³/mol. The van der Waals surface area contributed by atoms with Crippen molar-refractivity contribution >= 4 is 35.6 Å². The molecule has 1 rings (SSSR count). The average Bonchev–Trinajstić information content (AvgIpc) is 2.95. The zero-order valence-electron chi connectivity index (χ0n) is 26.3. The van der Waals surface area contributed by atoms with E-state index in [-0.39, 0.29) is 43.6 Å². The van der Waals surface area contributed by atoms with Crippen LogP contribution >= 0.6 is 0 Å². The molecule has 0 unspecified atom stereocenters. The summed E-state index contributed by atoms with van der Waals surface area (Å²) in [6, 6.07) is 3.67. The summed E-state index contributed by atoms with van der Waals surface area (Å²) in [5.41, 5.74) is 17.1. The summed E-state index contributed by atoms with van der Waals surface area (Å²) in [7, 11) is 0. The van der Waals surface area contributed by atoms with E-state index in [1.165, 1.54) is 6.92 Å². The molecule has 0 aliphatic heterocycles. The van der Waals surface area contributed by atoms with Gasteiger partial charge in [-0.05, 0) is 43.6 Å². The molecule has 14 heteroatoms. The van der Waals surface area contributed by atoms with Crippen molar-refractivity contribution in [2.24, 2.45) is 34.0 Å².